The molecule has 1 aliphatic rings. The number of nitrogens with zero attached hydrogens (tertiary/aromatic N) is 6. The topological polar surface area (TPSA) is 79.2 Å². The molecule has 41 heavy (non-hydrogen) atoms. The molecule has 1 N–H and O–H groups in total. The van der Waals surface area contributed by atoms with Crippen LogP contribution in [0.25, 0.3) is 21.1 Å². The summed E-state index contributed by atoms with van der Waals surface area (Å²) in [6.07, 6.45) is 7.98. The van der Waals surface area contributed by atoms with Crippen LogP contribution in [0, 0.1) is 0 Å². The zero-order valence-corrected chi connectivity index (χ0v) is 24.8. The molecule has 0 radical (unpaired) electrons. The molecule has 0 saturated heterocycles. The predicted octanol–water partition coefficient (Wildman–Crippen LogP) is 6.00. The van der Waals surface area contributed by atoms with E-state index in [1.807, 2.05) is 27.9 Å². The molecule has 3 aromatic heterocycles. The monoisotopic (exact) mass is 565 g/mol. The molecule has 0 unspecified atom stereocenters. The van der Waals surface area contributed by atoms with E-state index in [0.29, 0.717) is 13.1 Å². The summed E-state index contributed by atoms with van der Waals surface area (Å²) in [4.78, 5) is 28.4. The standard InChI is InChI=1S/C32H35N7OS/c1-32(2,3)37(4)15-8-11-28(40)38-16-14-25-27(20-38)41-31-29(25)30(33-21-34-31)36-24-12-13-26-23(17-24)18-35-39(26)19-22-9-6-5-7-10-22/h5-13,17-18,21H,14-16,19-20H2,1-4H3,(H,33,34,36)/b11-8+. The summed E-state index contributed by atoms with van der Waals surface area (Å²) in [7, 11) is 2.07. The molecular weight excluding hydrogens is 530 g/mol. The Kier molecular flexibility index (Phi) is 7.32. The van der Waals surface area contributed by atoms with Crippen molar-refractivity contribution < 1.29 is 4.79 Å². The summed E-state index contributed by atoms with van der Waals surface area (Å²) in [5.74, 6) is 0.856. The number of nitrogens with one attached hydrogen (secondary N) is 1. The Hall–Kier alpha value is -4.08. The van der Waals surface area contributed by atoms with Gasteiger partial charge in [-0.1, -0.05) is 36.4 Å². The second-order valence-corrected chi connectivity index (χ2v) is 12.6. The van der Waals surface area contributed by atoms with Crippen LogP contribution in [0.15, 0.2) is 73.2 Å². The highest BCUT2D eigenvalue weighted by atomic mass is 32.1. The third-order valence-electron chi connectivity index (χ3n) is 7.81. The number of likely N-dealkylation sites (N-methyl/N-ethyl adjacent to an activating group) is 1. The molecule has 8 nitrogen and oxygen atoms in total. The van der Waals surface area contributed by atoms with Crippen molar-refractivity contribution >= 4 is 49.9 Å². The van der Waals surface area contributed by atoms with Crippen LogP contribution in [0.2, 0.25) is 0 Å². The van der Waals surface area contributed by atoms with Crippen molar-refractivity contribution in [1.82, 2.24) is 29.5 Å². The molecular formula is C32H35N7OS. The van der Waals surface area contributed by atoms with Gasteiger partial charge in [-0.2, -0.15) is 5.10 Å². The van der Waals surface area contributed by atoms with E-state index in [-0.39, 0.29) is 11.4 Å². The normalized spacial score (nSPS) is 13.9. The van der Waals surface area contributed by atoms with Gasteiger partial charge in [0.25, 0.3) is 0 Å². The van der Waals surface area contributed by atoms with Crippen molar-refractivity contribution in [2.75, 3.05) is 25.5 Å². The Morgan fingerprint density at radius 3 is 2.78 bits per heavy atom. The molecule has 5 aromatic rings. The van der Waals surface area contributed by atoms with Crippen LogP contribution in [-0.2, 0) is 24.3 Å². The van der Waals surface area contributed by atoms with Crippen molar-refractivity contribution in [3.8, 4) is 0 Å². The molecule has 0 spiro atoms. The molecule has 1 aliphatic heterocycles. The van der Waals surface area contributed by atoms with Crippen LogP contribution in [-0.4, -0.2) is 61.1 Å². The Balaban J connectivity index is 1.19. The highest BCUT2D eigenvalue weighted by molar-refractivity contribution is 7.19. The maximum Gasteiger partial charge on any atom is 0.246 e. The van der Waals surface area contributed by atoms with E-state index in [1.165, 1.54) is 16.0 Å². The number of benzene rings is 2. The molecule has 0 aliphatic carbocycles. The first-order valence-electron chi connectivity index (χ1n) is 13.9. The summed E-state index contributed by atoms with van der Waals surface area (Å²) in [6.45, 7) is 9.25. The molecule has 0 saturated carbocycles. The zero-order valence-electron chi connectivity index (χ0n) is 24.0. The van der Waals surface area contributed by atoms with E-state index < -0.39 is 0 Å². The van der Waals surface area contributed by atoms with Crippen LogP contribution in [0.3, 0.4) is 0 Å². The molecule has 4 heterocycles. The van der Waals surface area contributed by atoms with E-state index in [0.717, 1.165) is 52.1 Å². The smallest absolute Gasteiger partial charge is 0.246 e. The largest absolute Gasteiger partial charge is 0.340 e. The van der Waals surface area contributed by atoms with Crippen LogP contribution in [0.1, 0.15) is 36.8 Å². The van der Waals surface area contributed by atoms with Crippen LogP contribution >= 0.6 is 11.3 Å². The first-order valence-corrected chi connectivity index (χ1v) is 14.8. The van der Waals surface area contributed by atoms with Crippen molar-refractivity contribution in [3.05, 3.63) is 89.2 Å². The van der Waals surface area contributed by atoms with Crippen LogP contribution < -0.4 is 5.32 Å². The molecule has 6 rings (SSSR count). The lowest BCUT2D eigenvalue weighted by atomic mass is 10.0. The summed E-state index contributed by atoms with van der Waals surface area (Å²) in [5, 5.41) is 10.3. The van der Waals surface area contributed by atoms with Gasteiger partial charge < -0.3 is 10.2 Å². The number of aromatic nitrogens is 4. The molecule has 1 amide bonds. The fraction of sp³-hybridized carbons (Fsp3) is 0.312. The number of amides is 1. The minimum atomic E-state index is 0.0564. The number of rotatable bonds is 7. The van der Waals surface area contributed by atoms with Crippen molar-refractivity contribution in [2.24, 2.45) is 0 Å². The van der Waals surface area contributed by atoms with Crippen molar-refractivity contribution in [1.29, 1.82) is 0 Å². The van der Waals surface area contributed by atoms with E-state index in [2.05, 4.69) is 95.6 Å². The average Bonchev–Trinajstić information content (AvgIpc) is 3.53. The summed E-state index contributed by atoms with van der Waals surface area (Å²) < 4.78 is 2.03. The van der Waals surface area contributed by atoms with E-state index in [9.17, 15) is 4.79 Å². The summed E-state index contributed by atoms with van der Waals surface area (Å²) in [5.41, 5.74) is 4.56. The molecule has 210 valence electrons. The highest BCUT2D eigenvalue weighted by Gasteiger charge is 2.26. The van der Waals surface area contributed by atoms with Gasteiger partial charge in [-0.3, -0.25) is 14.4 Å². The van der Waals surface area contributed by atoms with Gasteiger partial charge in [0, 0.05) is 40.7 Å². The number of anilines is 2. The van der Waals surface area contributed by atoms with Gasteiger partial charge in [0.05, 0.1) is 30.2 Å². The van der Waals surface area contributed by atoms with Gasteiger partial charge in [-0.15, -0.1) is 11.3 Å². The maximum absolute atomic E-state index is 13.0. The minimum absolute atomic E-state index is 0.0564. The number of hydrogen-bond donors (Lipinski definition) is 1. The summed E-state index contributed by atoms with van der Waals surface area (Å²) in [6, 6.07) is 16.6. The average molecular weight is 566 g/mol. The number of carbonyl (C=O) groups excluding carboxylic acids is 1. The molecule has 2 aromatic carbocycles. The first-order chi connectivity index (χ1) is 19.8. The maximum atomic E-state index is 13.0. The second-order valence-electron chi connectivity index (χ2n) is 11.6. The lowest BCUT2D eigenvalue weighted by Crippen LogP contribution is -2.38. The molecule has 0 fully saturated rings. The number of hydrogen-bond acceptors (Lipinski definition) is 7. The number of thiophene rings is 1. The van der Waals surface area contributed by atoms with E-state index in [1.54, 1.807) is 23.7 Å². The Bertz CT molecular complexity index is 1730. The second kappa shape index (κ2) is 11.1. The minimum Gasteiger partial charge on any atom is -0.340 e. The lowest BCUT2D eigenvalue weighted by molar-refractivity contribution is -0.126. The van der Waals surface area contributed by atoms with Gasteiger partial charge in [-0.25, -0.2) is 9.97 Å². The fourth-order valence-electron chi connectivity index (χ4n) is 5.09. The van der Waals surface area contributed by atoms with Crippen molar-refractivity contribution in [2.45, 2.75) is 45.8 Å². The third kappa shape index (κ3) is 5.73. The van der Waals surface area contributed by atoms with E-state index >= 15 is 0 Å². The number of fused-ring (bicyclic) bond motifs is 4. The molecule has 0 bridgehead atoms. The Morgan fingerprint density at radius 1 is 1.15 bits per heavy atom. The summed E-state index contributed by atoms with van der Waals surface area (Å²) >= 11 is 1.65. The predicted molar refractivity (Wildman–Crippen MR) is 167 cm³/mol. The SMILES string of the molecule is CN(C/C=C/C(=O)N1CCc2c(sc3ncnc(Nc4ccc5c(cnn5Cc5ccccc5)c4)c23)C1)C(C)(C)C. The Labute approximate surface area is 244 Å². The molecule has 0 atom stereocenters. The third-order valence-corrected chi connectivity index (χ3v) is 8.94. The van der Waals surface area contributed by atoms with Gasteiger partial charge in [0.2, 0.25) is 5.91 Å². The highest BCUT2D eigenvalue weighted by Crippen LogP contribution is 2.38. The van der Waals surface area contributed by atoms with Gasteiger partial charge in [-0.05, 0) is 63.6 Å². The van der Waals surface area contributed by atoms with Crippen LogP contribution in [0.5, 0.6) is 0 Å². The first kappa shape index (κ1) is 27.1. The zero-order chi connectivity index (χ0) is 28.6. The lowest BCUT2D eigenvalue weighted by Gasteiger charge is -2.31. The quantitative estimate of drug-likeness (QED) is 0.244. The van der Waals surface area contributed by atoms with Gasteiger partial charge in [0.15, 0.2) is 0 Å². The Morgan fingerprint density at radius 2 is 1.98 bits per heavy atom. The van der Waals surface area contributed by atoms with E-state index in [4.69, 9.17) is 0 Å². The number of carbonyl (C=O) groups is 1. The fourth-order valence-corrected chi connectivity index (χ4v) is 6.29. The molecule has 9 heteroatoms. The van der Waals surface area contributed by atoms with Gasteiger partial charge in [0.1, 0.15) is 17.0 Å². The van der Waals surface area contributed by atoms with Crippen LogP contribution in [0.4, 0.5) is 11.5 Å². The van der Waals surface area contributed by atoms with Gasteiger partial charge >= 0.3 is 0 Å². The van der Waals surface area contributed by atoms with Crippen molar-refractivity contribution in [3.63, 3.8) is 0 Å².